The van der Waals surface area contributed by atoms with Gasteiger partial charge in [-0.2, -0.15) is 0 Å². The first-order chi connectivity index (χ1) is 13.1. The van der Waals surface area contributed by atoms with Gasteiger partial charge in [-0.25, -0.2) is 0 Å². The van der Waals surface area contributed by atoms with Gasteiger partial charge < -0.3 is 5.11 Å². The van der Waals surface area contributed by atoms with E-state index in [4.69, 9.17) is 23.2 Å². The van der Waals surface area contributed by atoms with E-state index < -0.39 is 0 Å². The Morgan fingerprint density at radius 3 is 1.78 bits per heavy atom. The molecule has 132 valence electrons. The Morgan fingerprint density at radius 2 is 1.15 bits per heavy atom. The quantitative estimate of drug-likeness (QED) is 0.379. The van der Waals surface area contributed by atoms with Crippen LogP contribution in [0, 0.1) is 0 Å². The smallest absolute Gasteiger partial charge is 0.134 e. The number of phenols is 1. The number of hydrogen-bond acceptors (Lipinski definition) is 1. The zero-order valence-electron chi connectivity index (χ0n) is 14.4. The van der Waals surface area contributed by atoms with E-state index in [0.717, 1.165) is 33.4 Å². The van der Waals surface area contributed by atoms with E-state index in [1.165, 1.54) is 0 Å². The average molecular weight is 391 g/mol. The third-order valence-corrected chi connectivity index (χ3v) is 5.25. The zero-order valence-corrected chi connectivity index (χ0v) is 15.9. The van der Waals surface area contributed by atoms with Gasteiger partial charge in [0.1, 0.15) is 5.75 Å². The van der Waals surface area contributed by atoms with E-state index in [0.29, 0.717) is 10.0 Å². The number of benzene rings is 4. The summed E-state index contributed by atoms with van der Waals surface area (Å²) >= 11 is 13.2. The molecule has 0 aromatic heterocycles. The van der Waals surface area contributed by atoms with Gasteiger partial charge >= 0.3 is 0 Å². The second-order valence-electron chi connectivity index (χ2n) is 6.25. The van der Waals surface area contributed by atoms with E-state index in [1.807, 2.05) is 84.9 Å². The third-order valence-electron chi connectivity index (χ3n) is 4.55. The topological polar surface area (TPSA) is 20.2 Å². The van der Waals surface area contributed by atoms with Crippen LogP contribution in [0.5, 0.6) is 5.75 Å². The van der Waals surface area contributed by atoms with Crippen molar-refractivity contribution in [3.8, 4) is 39.1 Å². The lowest BCUT2D eigenvalue weighted by molar-refractivity contribution is 0.476. The Bertz CT molecular complexity index is 1090. The molecule has 1 nitrogen and oxygen atoms in total. The molecule has 0 bridgehead atoms. The fraction of sp³-hybridized carbons (Fsp3) is 0. The summed E-state index contributed by atoms with van der Waals surface area (Å²) < 4.78 is 0. The van der Waals surface area contributed by atoms with Gasteiger partial charge in [0.05, 0.1) is 5.02 Å². The standard InChI is InChI=1S/C24H16Cl2O/c25-21-15-18(16-7-3-1-4-8-16)11-12-20(21)23-19(13-14-22(27)24(23)26)17-9-5-2-6-10-17/h1-15,27H. The minimum atomic E-state index is 0.0366. The van der Waals surface area contributed by atoms with Crippen molar-refractivity contribution < 1.29 is 5.11 Å². The van der Waals surface area contributed by atoms with E-state index in [-0.39, 0.29) is 5.75 Å². The molecule has 0 saturated heterocycles. The van der Waals surface area contributed by atoms with Gasteiger partial charge in [0, 0.05) is 16.1 Å². The summed E-state index contributed by atoms with van der Waals surface area (Å²) in [4.78, 5) is 0. The van der Waals surface area contributed by atoms with Gasteiger partial charge in [0.25, 0.3) is 0 Å². The molecule has 0 heterocycles. The summed E-state index contributed by atoms with van der Waals surface area (Å²) in [5.41, 5.74) is 5.58. The molecule has 0 aliphatic carbocycles. The summed E-state index contributed by atoms with van der Waals surface area (Å²) in [6.07, 6.45) is 0. The van der Waals surface area contributed by atoms with Crippen LogP contribution < -0.4 is 0 Å². The van der Waals surface area contributed by atoms with Crippen LogP contribution in [-0.4, -0.2) is 5.11 Å². The Labute approximate surface area is 168 Å². The van der Waals surface area contributed by atoms with Crippen LogP contribution in [0.15, 0.2) is 91.0 Å². The summed E-state index contributed by atoms with van der Waals surface area (Å²) in [6.45, 7) is 0. The number of hydrogen-bond donors (Lipinski definition) is 1. The second-order valence-corrected chi connectivity index (χ2v) is 7.03. The third kappa shape index (κ3) is 3.44. The summed E-state index contributed by atoms with van der Waals surface area (Å²) in [5.74, 6) is 0.0366. The molecule has 4 aromatic rings. The van der Waals surface area contributed by atoms with E-state index in [9.17, 15) is 5.11 Å². The Balaban J connectivity index is 1.90. The number of aromatic hydroxyl groups is 1. The molecule has 0 atom stereocenters. The Hall–Kier alpha value is -2.74. The predicted octanol–water partition coefficient (Wildman–Crippen LogP) is 7.70. The summed E-state index contributed by atoms with van der Waals surface area (Å²) in [7, 11) is 0. The molecule has 4 aromatic carbocycles. The lowest BCUT2D eigenvalue weighted by atomic mass is 9.93. The molecular weight excluding hydrogens is 375 g/mol. The SMILES string of the molecule is Oc1ccc(-c2ccccc2)c(-c2ccc(-c3ccccc3)cc2Cl)c1Cl. The number of rotatable bonds is 3. The first-order valence-corrected chi connectivity index (χ1v) is 9.33. The highest BCUT2D eigenvalue weighted by molar-refractivity contribution is 6.38. The second kappa shape index (κ2) is 7.48. The Morgan fingerprint density at radius 1 is 0.556 bits per heavy atom. The molecule has 3 heteroatoms. The Kier molecular flexibility index (Phi) is 4.89. The van der Waals surface area contributed by atoms with E-state index in [1.54, 1.807) is 6.07 Å². The first kappa shape index (κ1) is 17.7. The van der Waals surface area contributed by atoms with Gasteiger partial charge in [-0.1, -0.05) is 96.0 Å². The van der Waals surface area contributed by atoms with Gasteiger partial charge in [0.2, 0.25) is 0 Å². The molecule has 27 heavy (non-hydrogen) atoms. The van der Waals surface area contributed by atoms with Crippen molar-refractivity contribution >= 4 is 23.2 Å². The lowest BCUT2D eigenvalue weighted by Crippen LogP contribution is -1.89. The minimum absolute atomic E-state index is 0.0366. The van der Waals surface area contributed by atoms with Crippen LogP contribution >= 0.6 is 23.2 Å². The van der Waals surface area contributed by atoms with Crippen molar-refractivity contribution in [2.45, 2.75) is 0 Å². The highest BCUT2D eigenvalue weighted by atomic mass is 35.5. The molecule has 0 spiro atoms. The van der Waals surface area contributed by atoms with Crippen LogP contribution in [0.2, 0.25) is 10.0 Å². The molecule has 1 N–H and O–H groups in total. The summed E-state index contributed by atoms with van der Waals surface area (Å²) in [6, 6.07) is 29.4. The fourth-order valence-electron chi connectivity index (χ4n) is 3.21. The van der Waals surface area contributed by atoms with Crippen molar-refractivity contribution in [3.63, 3.8) is 0 Å². The van der Waals surface area contributed by atoms with E-state index in [2.05, 4.69) is 0 Å². The van der Waals surface area contributed by atoms with Crippen LogP contribution in [-0.2, 0) is 0 Å². The number of phenolic OH excluding ortho intramolecular Hbond substituents is 1. The lowest BCUT2D eigenvalue weighted by Gasteiger charge is -2.15. The van der Waals surface area contributed by atoms with E-state index >= 15 is 0 Å². The maximum Gasteiger partial charge on any atom is 0.134 e. The van der Waals surface area contributed by atoms with Gasteiger partial charge in [0.15, 0.2) is 0 Å². The van der Waals surface area contributed by atoms with Gasteiger partial charge in [-0.05, 0) is 40.5 Å². The molecule has 4 rings (SSSR count). The van der Waals surface area contributed by atoms with Crippen molar-refractivity contribution in [1.82, 2.24) is 0 Å². The number of halogens is 2. The minimum Gasteiger partial charge on any atom is -0.506 e. The molecule has 0 radical (unpaired) electrons. The normalized spacial score (nSPS) is 10.7. The summed E-state index contributed by atoms with van der Waals surface area (Å²) in [5, 5.41) is 11.1. The first-order valence-electron chi connectivity index (χ1n) is 8.57. The highest BCUT2D eigenvalue weighted by Crippen LogP contribution is 2.45. The van der Waals surface area contributed by atoms with Crippen molar-refractivity contribution in [2.75, 3.05) is 0 Å². The molecule has 0 aliphatic rings. The fourth-order valence-corrected chi connectivity index (χ4v) is 3.76. The van der Waals surface area contributed by atoms with Crippen LogP contribution in [0.3, 0.4) is 0 Å². The van der Waals surface area contributed by atoms with Crippen LogP contribution in [0.4, 0.5) is 0 Å². The van der Waals surface area contributed by atoms with Crippen molar-refractivity contribution in [1.29, 1.82) is 0 Å². The van der Waals surface area contributed by atoms with Crippen molar-refractivity contribution in [3.05, 3.63) is 101 Å². The largest absolute Gasteiger partial charge is 0.506 e. The van der Waals surface area contributed by atoms with Gasteiger partial charge in [-0.15, -0.1) is 0 Å². The van der Waals surface area contributed by atoms with Gasteiger partial charge in [-0.3, -0.25) is 0 Å². The molecule has 0 saturated carbocycles. The maximum atomic E-state index is 10.2. The molecule has 0 fully saturated rings. The van der Waals surface area contributed by atoms with Crippen LogP contribution in [0.1, 0.15) is 0 Å². The molecule has 0 amide bonds. The highest BCUT2D eigenvalue weighted by Gasteiger charge is 2.17. The van der Waals surface area contributed by atoms with Crippen LogP contribution in [0.25, 0.3) is 33.4 Å². The molecule has 0 unspecified atom stereocenters. The van der Waals surface area contributed by atoms with Crippen molar-refractivity contribution in [2.24, 2.45) is 0 Å². The monoisotopic (exact) mass is 390 g/mol. The zero-order chi connectivity index (χ0) is 18.8. The average Bonchev–Trinajstić information content (AvgIpc) is 2.71. The predicted molar refractivity (Wildman–Crippen MR) is 114 cm³/mol. The maximum absolute atomic E-state index is 10.2. The molecule has 0 aliphatic heterocycles. The molecular formula is C24H16Cl2O.